The number of carbonyl (C=O) groups is 2. The third-order valence-electron chi connectivity index (χ3n) is 3.25. The first-order valence-corrected chi connectivity index (χ1v) is 7.70. The van der Waals surface area contributed by atoms with Gasteiger partial charge in [-0.05, 0) is 13.3 Å². The van der Waals surface area contributed by atoms with Crippen LogP contribution in [0, 0.1) is 0 Å². The minimum absolute atomic E-state index is 0.00928. The summed E-state index contributed by atoms with van der Waals surface area (Å²) in [5.41, 5.74) is 0.925. The van der Waals surface area contributed by atoms with Crippen molar-refractivity contribution >= 4 is 28.3 Å². The molecule has 1 aromatic heterocycles. The average Bonchev–Trinajstić information content (AvgIpc) is 3.00. The van der Waals surface area contributed by atoms with Crippen molar-refractivity contribution in [1.29, 1.82) is 0 Å². The van der Waals surface area contributed by atoms with E-state index in [1.54, 1.807) is 11.8 Å². The molecule has 1 saturated heterocycles. The van der Waals surface area contributed by atoms with Gasteiger partial charge in [0.2, 0.25) is 11.8 Å². The molecule has 0 radical (unpaired) electrons. The maximum absolute atomic E-state index is 11.4. The van der Waals surface area contributed by atoms with E-state index in [-0.39, 0.29) is 17.9 Å². The Kier molecular flexibility index (Phi) is 5.08. The van der Waals surface area contributed by atoms with Crippen LogP contribution in [-0.2, 0) is 16.1 Å². The zero-order valence-corrected chi connectivity index (χ0v) is 12.6. The first kappa shape index (κ1) is 14.9. The Hall–Kier alpha value is -1.47. The van der Waals surface area contributed by atoms with Crippen molar-refractivity contribution in [2.24, 2.45) is 0 Å². The summed E-state index contributed by atoms with van der Waals surface area (Å²) in [5.74, 6) is 0.141. The fourth-order valence-electron chi connectivity index (χ4n) is 2.20. The van der Waals surface area contributed by atoms with Crippen molar-refractivity contribution < 1.29 is 9.59 Å². The molecule has 110 valence electrons. The highest BCUT2D eigenvalue weighted by Gasteiger charge is 2.20. The molecule has 2 amide bonds. The van der Waals surface area contributed by atoms with Gasteiger partial charge in [-0.15, -0.1) is 11.3 Å². The van der Waals surface area contributed by atoms with Gasteiger partial charge in [-0.2, -0.15) is 0 Å². The van der Waals surface area contributed by atoms with E-state index in [0.717, 1.165) is 23.8 Å². The number of thiazole rings is 1. The summed E-state index contributed by atoms with van der Waals surface area (Å²) in [5, 5.41) is 8.91. The van der Waals surface area contributed by atoms with Gasteiger partial charge in [0.1, 0.15) is 0 Å². The number of hydrogen-bond donors (Lipinski definition) is 2. The topological polar surface area (TPSA) is 74.3 Å². The molecule has 1 aliphatic rings. The number of amides is 2. The summed E-state index contributed by atoms with van der Waals surface area (Å²) in [6.45, 7) is 5.51. The standard InChI is InChI=1S/C13H20N4O2S/c1-3-17(9(2)18)13-16-11(8-20-13)7-14-6-10-4-5-12(19)15-10/h8,10,14H,3-7H2,1-2H3,(H,15,19). The molecule has 2 N–H and O–H groups in total. The third-order valence-corrected chi connectivity index (χ3v) is 4.16. The number of aromatic nitrogens is 1. The van der Waals surface area contributed by atoms with E-state index in [1.807, 2.05) is 12.3 Å². The summed E-state index contributed by atoms with van der Waals surface area (Å²) in [6.07, 6.45) is 1.51. The second-order valence-corrected chi connectivity index (χ2v) is 5.66. The van der Waals surface area contributed by atoms with Crippen molar-refractivity contribution in [3.8, 4) is 0 Å². The molecule has 0 saturated carbocycles. The van der Waals surface area contributed by atoms with Crippen LogP contribution in [0.4, 0.5) is 5.13 Å². The Bertz CT molecular complexity index is 488. The predicted molar refractivity (Wildman–Crippen MR) is 78.7 cm³/mol. The Morgan fingerprint density at radius 3 is 3.05 bits per heavy atom. The van der Waals surface area contributed by atoms with Crippen LogP contribution >= 0.6 is 11.3 Å². The Morgan fingerprint density at radius 1 is 1.65 bits per heavy atom. The van der Waals surface area contributed by atoms with E-state index >= 15 is 0 Å². The van der Waals surface area contributed by atoms with Crippen LogP contribution in [0.25, 0.3) is 0 Å². The lowest BCUT2D eigenvalue weighted by Gasteiger charge is -2.14. The quantitative estimate of drug-likeness (QED) is 0.817. The van der Waals surface area contributed by atoms with Crippen LogP contribution < -0.4 is 15.5 Å². The van der Waals surface area contributed by atoms with Crippen molar-refractivity contribution in [3.05, 3.63) is 11.1 Å². The highest BCUT2D eigenvalue weighted by atomic mass is 32.1. The average molecular weight is 296 g/mol. The molecule has 2 heterocycles. The summed E-state index contributed by atoms with van der Waals surface area (Å²) in [4.78, 5) is 28.6. The number of hydrogen-bond acceptors (Lipinski definition) is 5. The fourth-order valence-corrected chi connectivity index (χ4v) is 3.13. The number of anilines is 1. The minimum atomic E-state index is 0.00928. The minimum Gasteiger partial charge on any atom is -0.352 e. The van der Waals surface area contributed by atoms with Gasteiger partial charge in [-0.25, -0.2) is 4.98 Å². The van der Waals surface area contributed by atoms with E-state index in [9.17, 15) is 9.59 Å². The van der Waals surface area contributed by atoms with Crippen LogP contribution in [0.5, 0.6) is 0 Å². The molecule has 0 bridgehead atoms. The van der Waals surface area contributed by atoms with E-state index in [2.05, 4.69) is 15.6 Å². The van der Waals surface area contributed by atoms with Crippen LogP contribution in [0.1, 0.15) is 32.4 Å². The number of nitrogens with zero attached hydrogens (tertiary/aromatic N) is 2. The van der Waals surface area contributed by atoms with Crippen LogP contribution in [0.15, 0.2) is 5.38 Å². The van der Waals surface area contributed by atoms with Gasteiger partial charge in [-0.3, -0.25) is 14.5 Å². The van der Waals surface area contributed by atoms with Crippen molar-refractivity contribution in [3.63, 3.8) is 0 Å². The number of rotatable bonds is 6. The van der Waals surface area contributed by atoms with Gasteiger partial charge in [0.05, 0.1) is 5.69 Å². The predicted octanol–water partition coefficient (Wildman–Crippen LogP) is 0.884. The molecule has 7 heteroatoms. The highest BCUT2D eigenvalue weighted by molar-refractivity contribution is 7.14. The molecule has 0 aliphatic carbocycles. The lowest BCUT2D eigenvalue weighted by Crippen LogP contribution is -2.35. The molecular formula is C13H20N4O2S. The van der Waals surface area contributed by atoms with Crippen molar-refractivity contribution in [2.45, 2.75) is 39.3 Å². The zero-order chi connectivity index (χ0) is 14.5. The molecule has 1 atom stereocenters. The second-order valence-electron chi connectivity index (χ2n) is 4.82. The maximum atomic E-state index is 11.4. The van der Waals surface area contributed by atoms with Crippen LogP contribution in [-0.4, -0.2) is 35.9 Å². The Labute approximate surface area is 122 Å². The molecule has 20 heavy (non-hydrogen) atoms. The smallest absolute Gasteiger partial charge is 0.225 e. The summed E-state index contributed by atoms with van der Waals surface area (Å²) >= 11 is 1.48. The van der Waals surface area contributed by atoms with Gasteiger partial charge in [-0.1, -0.05) is 0 Å². The van der Waals surface area contributed by atoms with Crippen molar-refractivity contribution in [2.75, 3.05) is 18.0 Å². The lowest BCUT2D eigenvalue weighted by atomic mass is 10.2. The molecule has 1 aromatic rings. The maximum Gasteiger partial charge on any atom is 0.225 e. The molecule has 1 unspecified atom stereocenters. The van der Waals surface area contributed by atoms with Crippen LogP contribution in [0.2, 0.25) is 0 Å². The molecule has 1 aliphatic heterocycles. The van der Waals surface area contributed by atoms with E-state index < -0.39 is 0 Å². The molecule has 1 fully saturated rings. The summed E-state index contributed by atoms with van der Waals surface area (Å²) in [7, 11) is 0. The van der Waals surface area contributed by atoms with E-state index in [0.29, 0.717) is 19.5 Å². The van der Waals surface area contributed by atoms with Gasteiger partial charge < -0.3 is 10.6 Å². The second kappa shape index (κ2) is 6.81. The summed E-state index contributed by atoms with van der Waals surface area (Å²) in [6, 6.07) is 0.227. The number of carbonyl (C=O) groups excluding carboxylic acids is 2. The number of nitrogens with one attached hydrogen (secondary N) is 2. The monoisotopic (exact) mass is 296 g/mol. The van der Waals surface area contributed by atoms with Gasteiger partial charge in [0.25, 0.3) is 0 Å². The Balaban J connectivity index is 1.80. The molecule has 0 spiro atoms. The van der Waals surface area contributed by atoms with Gasteiger partial charge in [0, 0.05) is 44.4 Å². The molecular weight excluding hydrogens is 276 g/mol. The van der Waals surface area contributed by atoms with Crippen molar-refractivity contribution in [1.82, 2.24) is 15.6 Å². The largest absolute Gasteiger partial charge is 0.352 e. The first-order chi connectivity index (χ1) is 9.60. The molecule has 2 rings (SSSR count). The first-order valence-electron chi connectivity index (χ1n) is 6.82. The normalized spacial score (nSPS) is 18.1. The highest BCUT2D eigenvalue weighted by Crippen LogP contribution is 2.20. The molecule has 0 aromatic carbocycles. The SMILES string of the molecule is CCN(C(C)=O)c1nc(CNCC2CCC(=O)N2)cs1. The van der Waals surface area contributed by atoms with Crippen LogP contribution in [0.3, 0.4) is 0 Å². The zero-order valence-electron chi connectivity index (χ0n) is 11.8. The summed E-state index contributed by atoms with van der Waals surface area (Å²) < 4.78 is 0. The Morgan fingerprint density at radius 2 is 2.45 bits per heavy atom. The lowest BCUT2D eigenvalue weighted by molar-refractivity contribution is -0.119. The van der Waals surface area contributed by atoms with E-state index in [4.69, 9.17) is 0 Å². The fraction of sp³-hybridized carbons (Fsp3) is 0.615. The van der Waals surface area contributed by atoms with E-state index in [1.165, 1.54) is 11.3 Å². The molecule has 6 nitrogen and oxygen atoms in total. The third kappa shape index (κ3) is 3.77. The van der Waals surface area contributed by atoms with Gasteiger partial charge in [0.15, 0.2) is 5.13 Å². The van der Waals surface area contributed by atoms with Gasteiger partial charge >= 0.3 is 0 Å².